The third kappa shape index (κ3) is 5.53. The van der Waals surface area contributed by atoms with Crippen LogP contribution in [-0.4, -0.2) is 51.9 Å². The maximum Gasteiger partial charge on any atom is 0.242 e. The minimum atomic E-state index is -0.366. The lowest BCUT2D eigenvalue weighted by Gasteiger charge is -2.32. The molecule has 41 heavy (non-hydrogen) atoms. The first-order valence-electron chi connectivity index (χ1n) is 14.1. The highest BCUT2D eigenvalue weighted by molar-refractivity contribution is 8.00. The Bertz CT molecular complexity index is 1580. The van der Waals surface area contributed by atoms with Crippen LogP contribution in [0.2, 0.25) is 0 Å². The first kappa shape index (κ1) is 27.3. The van der Waals surface area contributed by atoms with E-state index in [0.29, 0.717) is 30.5 Å². The number of hydrogen-bond acceptors (Lipinski definition) is 4. The lowest BCUT2D eigenvalue weighted by atomic mass is 9.99. The minimum Gasteiger partial charge on any atom is -0.341 e. The van der Waals surface area contributed by atoms with Crippen molar-refractivity contribution >= 4 is 29.4 Å². The number of hydrogen-bond donors (Lipinski definition) is 0. The predicted molar refractivity (Wildman–Crippen MR) is 162 cm³/mol. The van der Waals surface area contributed by atoms with Crippen LogP contribution in [0.5, 0.6) is 0 Å². The summed E-state index contributed by atoms with van der Waals surface area (Å²) in [5.74, 6) is 0.745. The third-order valence-electron chi connectivity index (χ3n) is 7.96. The molecule has 0 saturated carbocycles. The highest BCUT2D eigenvalue weighted by Gasteiger charge is 2.38. The second-order valence-electron chi connectivity index (χ2n) is 11.0. The summed E-state index contributed by atoms with van der Waals surface area (Å²) in [6, 6.07) is 24.4. The third-order valence-corrected chi connectivity index (χ3v) is 9.22. The van der Waals surface area contributed by atoms with Crippen LogP contribution in [0.25, 0.3) is 16.9 Å². The van der Waals surface area contributed by atoms with Gasteiger partial charge in [0, 0.05) is 24.2 Å². The van der Waals surface area contributed by atoms with Gasteiger partial charge in [-0.05, 0) is 61.1 Å². The monoisotopic (exact) mass is 568 g/mol. The van der Waals surface area contributed by atoms with Gasteiger partial charge in [-0.1, -0.05) is 61.5 Å². The van der Waals surface area contributed by atoms with Gasteiger partial charge in [0.15, 0.2) is 0 Å². The molecule has 2 aliphatic rings. The molecule has 6 rings (SSSR count). The fourth-order valence-corrected chi connectivity index (χ4v) is 6.88. The number of thioether (sulfide) groups is 1. The number of rotatable bonds is 5. The summed E-state index contributed by atoms with van der Waals surface area (Å²) in [7, 11) is 0. The number of halogens is 1. The van der Waals surface area contributed by atoms with Crippen LogP contribution >= 0.6 is 11.8 Å². The number of benzene rings is 3. The molecule has 0 unspecified atom stereocenters. The second-order valence-corrected chi connectivity index (χ2v) is 12.1. The number of aryl methyl sites for hydroxylation is 1. The van der Waals surface area contributed by atoms with E-state index in [4.69, 9.17) is 5.10 Å². The van der Waals surface area contributed by atoms with Crippen LogP contribution in [0, 0.1) is 18.7 Å². The van der Waals surface area contributed by atoms with Crippen molar-refractivity contribution in [2.24, 2.45) is 5.92 Å². The van der Waals surface area contributed by atoms with E-state index in [1.807, 2.05) is 72.5 Å². The molecule has 0 N–H and O–H groups in total. The molecule has 0 aliphatic carbocycles. The van der Waals surface area contributed by atoms with Crippen molar-refractivity contribution < 1.29 is 14.0 Å². The van der Waals surface area contributed by atoms with Gasteiger partial charge in [0.2, 0.25) is 11.8 Å². The zero-order chi connectivity index (χ0) is 28.5. The average Bonchev–Trinajstić information content (AvgIpc) is 3.30. The maximum atomic E-state index is 14.5. The highest BCUT2D eigenvalue weighted by atomic mass is 32.2. The lowest BCUT2D eigenvalue weighted by molar-refractivity contribution is -0.132. The number of anilines is 1. The molecule has 0 spiro atoms. The van der Waals surface area contributed by atoms with Crippen molar-refractivity contribution in [3.8, 4) is 16.9 Å². The molecule has 0 radical (unpaired) electrons. The molecule has 2 aliphatic heterocycles. The van der Waals surface area contributed by atoms with Crippen molar-refractivity contribution in [2.45, 2.75) is 31.9 Å². The summed E-state index contributed by atoms with van der Waals surface area (Å²) in [6.45, 7) is 5.55. The van der Waals surface area contributed by atoms with Gasteiger partial charge in [0.05, 0.1) is 22.4 Å². The van der Waals surface area contributed by atoms with Crippen molar-refractivity contribution in [1.29, 1.82) is 0 Å². The molecular weight excluding hydrogens is 535 g/mol. The van der Waals surface area contributed by atoms with Gasteiger partial charge in [-0.2, -0.15) is 5.10 Å². The SMILES string of the molecule is Cc1cccc(-n2nc(-c3ccccc3)c3c2N(CC(=O)N2CCC(C)CC2)C(=O)CS[C@@H]3c2cccc(F)c2)c1. The van der Waals surface area contributed by atoms with Crippen LogP contribution in [0.3, 0.4) is 0 Å². The summed E-state index contributed by atoms with van der Waals surface area (Å²) >= 11 is 1.45. The second kappa shape index (κ2) is 11.5. The fraction of sp³-hybridized carbons (Fsp3) is 0.303. The number of carbonyl (C=O) groups excluding carboxylic acids is 2. The van der Waals surface area contributed by atoms with E-state index in [9.17, 15) is 14.0 Å². The van der Waals surface area contributed by atoms with E-state index in [0.717, 1.165) is 40.8 Å². The number of piperidine rings is 1. The van der Waals surface area contributed by atoms with Crippen molar-refractivity contribution in [3.63, 3.8) is 0 Å². The predicted octanol–water partition coefficient (Wildman–Crippen LogP) is 6.41. The number of fused-ring (bicyclic) bond motifs is 1. The highest BCUT2D eigenvalue weighted by Crippen LogP contribution is 2.48. The Balaban J connectivity index is 1.57. The summed E-state index contributed by atoms with van der Waals surface area (Å²) in [5, 5.41) is 4.75. The molecule has 1 aromatic heterocycles. The van der Waals surface area contributed by atoms with Gasteiger partial charge in [0.25, 0.3) is 0 Å². The molecule has 8 heteroatoms. The molecule has 1 atom stereocenters. The molecular formula is C33H33FN4O2S. The van der Waals surface area contributed by atoms with Crippen molar-refractivity contribution in [1.82, 2.24) is 14.7 Å². The number of likely N-dealkylation sites (tertiary alicyclic amines) is 1. The number of amides is 2. The first-order chi connectivity index (χ1) is 19.9. The molecule has 6 nitrogen and oxygen atoms in total. The van der Waals surface area contributed by atoms with Crippen LogP contribution in [-0.2, 0) is 9.59 Å². The molecule has 210 valence electrons. The van der Waals surface area contributed by atoms with Gasteiger partial charge in [-0.25, -0.2) is 9.07 Å². The Labute approximate surface area is 244 Å². The number of nitrogens with zero attached hydrogens (tertiary/aromatic N) is 4. The summed E-state index contributed by atoms with van der Waals surface area (Å²) < 4.78 is 16.3. The molecule has 1 fully saturated rings. The fourth-order valence-electron chi connectivity index (χ4n) is 5.69. The van der Waals surface area contributed by atoms with Gasteiger partial charge in [-0.15, -0.1) is 11.8 Å². The molecule has 1 saturated heterocycles. The Hall–Kier alpha value is -3.91. The van der Waals surface area contributed by atoms with Crippen LogP contribution in [0.4, 0.5) is 10.2 Å². The van der Waals surface area contributed by atoms with Crippen LogP contribution in [0.1, 0.15) is 41.7 Å². The lowest BCUT2D eigenvalue weighted by Crippen LogP contribution is -2.46. The van der Waals surface area contributed by atoms with E-state index in [2.05, 4.69) is 6.92 Å². The van der Waals surface area contributed by atoms with Crippen molar-refractivity contribution in [3.05, 3.63) is 101 Å². The quantitative estimate of drug-likeness (QED) is 0.279. The molecule has 0 bridgehead atoms. The first-order valence-corrected chi connectivity index (χ1v) is 15.1. The standard InChI is InChI=1S/C33H33FN4O2S/c1-22-14-16-36(17-15-22)28(39)20-37-29(40)21-41-32(25-11-7-12-26(34)19-25)30-31(24-9-4-3-5-10-24)35-38(33(30)37)27-13-6-8-23(2)18-27/h3-13,18-19,22,32H,14-17,20-21H2,1-2H3/t32-/m1/s1. The molecule has 2 amide bonds. The normalized spacial score (nSPS) is 17.8. The largest absolute Gasteiger partial charge is 0.341 e. The van der Waals surface area contributed by atoms with E-state index in [1.54, 1.807) is 15.6 Å². The Kier molecular flexibility index (Phi) is 7.67. The van der Waals surface area contributed by atoms with E-state index in [-0.39, 0.29) is 35.2 Å². The number of carbonyl (C=O) groups is 2. The molecule has 3 heterocycles. The Morgan fingerprint density at radius 2 is 1.76 bits per heavy atom. The smallest absolute Gasteiger partial charge is 0.242 e. The Morgan fingerprint density at radius 3 is 2.49 bits per heavy atom. The van der Waals surface area contributed by atoms with E-state index < -0.39 is 0 Å². The van der Waals surface area contributed by atoms with E-state index >= 15 is 0 Å². The topological polar surface area (TPSA) is 58.4 Å². The molecule has 4 aromatic rings. The summed E-state index contributed by atoms with van der Waals surface area (Å²) in [6.07, 6.45) is 1.92. The number of aromatic nitrogens is 2. The van der Waals surface area contributed by atoms with Crippen molar-refractivity contribution in [2.75, 3.05) is 30.3 Å². The average molecular weight is 569 g/mol. The summed E-state index contributed by atoms with van der Waals surface area (Å²) in [4.78, 5) is 31.1. The van der Waals surface area contributed by atoms with Gasteiger partial charge in [-0.3, -0.25) is 14.5 Å². The minimum absolute atomic E-state index is 0.0661. The van der Waals surface area contributed by atoms with Gasteiger partial charge < -0.3 is 4.90 Å². The Morgan fingerprint density at radius 1 is 1.00 bits per heavy atom. The molecule has 3 aromatic carbocycles. The zero-order valence-electron chi connectivity index (χ0n) is 23.3. The van der Waals surface area contributed by atoms with Crippen LogP contribution in [0.15, 0.2) is 78.9 Å². The zero-order valence-corrected chi connectivity index (χ0v) is 24.1. The summed E-state index contributed by atoms with van der Waals surface area (Å²) in [5.41, 5.74) is 5.01. The maximum absolute atomic E-state index is 14.5. The van der Waals surface area contributed by atoms with Crippen LogP contribution < -0.4 is 4.90 Å². The van der Waals surface area contributed by atoms with E-state index in [1.165, 1.54) is 23.9 Å². The van der Waals surface area contributed by atoms with Gasteiger partial charge in [0.1, 0.15) is 18.2 Å². The van der Waals surface area contributed by atoms with Gasteiger partial charge >= 0.3 is 0 Å².